The van der Waals surface area contributed by atoms with Crippen molar-refractivity contribution in [2.75, 3.05) is 59.5 Å². The van der Waals surface area contributed by atoms with Crippen molar-refractivity contribution in [1.82, 2.24) is 36.4 Å². The number of rotatable bonds is 15. The van der Waals surface area contributed by atoms with Gasteiger partial charge >= 0.3 is 0 Å². The molecule has 0 bridgehead atoms. The zero-order chi connectivity index (χ0) is 27.0. The SMILES string of the molecule is [2H]C(=O)NCC(=O)N(CC(=O)NC)CC(=O)NCC(=O)N(CNC(=O)C[NH-])CC(=O)NCC(C)=O.[Ac]. The molecule has 1 radical (unpaired) electrons. The van der Waals surface area contributed by atoms with E-state index < -0.39 is 87.8 Å². The smallest absolute Gasteiger partial charge is 0.243 e. The Morgan fingerprint density at radius 2 is 1.31 bits per heavy atom. The minimum Gasteiger partial charge on any atom is -0.670 e. The maximum absolute atomic E-state index is 12.5. The van der Waals surface area contributed by atoms with Gasteiger partial charge in [0.05, 0.1) is 26.3 Å². The fourth-order valence-corrected chi connectivity index (χ4v) is 2.15. The van der Waals surface area contributed by atoms with Gasteiger partial charge in [0, 0.05) is 51.1 Å². The van der Waals surface area contributed by atoms with Crippen LogP contribution in [-0.4, -0.2) is 117 Å². The van der Waals surface area contributed by atoms with Crippen LogP contribution < -0.4 is 26.6 Å². The van der Waals surface area contributed by atoms with E-state index in [4.69, 9.17) is 7.10 Å². The molecule has 0 aliphatic rings. The molecule has 0 aliphatic carbocycles. The Balaban J connectivity index is 0. The number of likely N-dealkylation sites (N-methyl/N-ethyl adjacent to an activating group) is 1. The maximum atomic E-state index is 12.5. The Hall–Kier alpha value is -2.64. The van der Waals surface area contributed by atoms with Crippen molar-refractivity contribution >= 4 is 47.6 Å². The van der Waals surface area contributed by atoms with Crippen LogP contribution in [0.25, 0.3) is 5.73 Å². The van der Waals surface area contributed by atoms with Crippen LogP contribution in [0.15, 0.2) is 0 Å². The number of Topliss-reactive ketones (excluding diaryl/α,β-unsaturated/α-hetero) is 1. The number of carbonyl (C=O) groups is 8. The fourth-order valence-electron chi connectivity index (χ4n) is 2.15. The van der Waals surface area contributed by atoms with Crippen LogP contribution in [-0.2, 0) is 38.4 Å². The van der Waals surface area contributed by atoms with Gasteiger partial charge < -0.3 is 42.1 Å². The number of nitrogens with one attached hydrogen (secondary N) is 6. The molecule has 0 fully saturated rings. The Morgan fingerprint density at radius 3 is 1.83 bits per heavy atom. The van der Waals surface area contributed by atoms with E-state index in [0.29, 0.717) is 0 Å². The number of amides is 7. The van der Waals surface area contributed by atoms with Gasteiger partial charge in [-0.3, -0.25) is 38.4 Å². The zero-order valence-corrected chi connectivity index (χ0v) is 24.1. The van der Waals surface area contributed by atoms with Gasteiger partial charge in [0.1, 0.15) is 26.8 Å². The predicted octanol–water partition coefficient (Wildman–Crippen LogP) is -4.92. The summed E-state index contributed by atoms with van der Waals surface area (Å²) >= 11 is 0. The minimum absolute atomic E-state index is 0. The molecule has 17 heteroatoms. The molecule has 0 unspecified atom stereocenters. The summed E-state index contributed by atoms with van der Waals surface area (Å²) in [7, 11) is 1.30. The number of carbonyl (C=O) groups excluding carboxylic acids is 8. The Labute approximate surface area is 238 Å². The van der Waals surface area contributed by atoms with Gasteiger partial charge in [0.2, 0.25) is 35.9 Å². The van der Waals surface area contributed by atoms with E-state index >= 15 is 0 Å². The maximum Gasteiger partial charge on any atom is 0.243 e. The quantitative estimate of drug-likeness (QED) is 0.0815. The van der Waals surface area contributed by atoms with Crippen molar-refractivity contribution in [2.24, 2.45) is 0 Å². The first-order valence-electron chi connectivity index (χ1n) is 10.3. The van der Waals surface area contributed by atoms with Crippen LogP contribution in [0.4, 0.5) is 0 Å². The Bertz CT molecular complexity index is 844. The van der Waals surface area contributed by atoms with E-state index in [-0.39, 0.29) is 56.4 Å². The molecule has 16 nitrogen and oxygen atoms in total. The van der Waals surface area contributed by atoms with Gasteiger partial charge in [-0.1, -0.05) is 6.54 Å². The fraction of sp³-hybridized carbons (Fsp3) is 0.556. The second-order valence-electron chi connectivity index (χ2n) is 6.66. The first kappa shape index (κ1) is 32.4. The van der Waals surface area contributed by atoms with Crippen molar-refractivity contribution in [3.8, 4) is 0 Å². The molecule has 0 aromatic rings. The molecule has 0 aliphatic heterocycles. The third-order valence-corrected chi connectivity index (χ3v) is 3.90. The normalized spacial score (nSPS) is 9.86. The molecule has 7 amide bonds. The van der Waals surface area contributed by atoms with Crippen LogP contribution in [0, 0.1) is 44.1 Å². The summed E-state index contributed by atoms with van der Waals surface area (Å²) in [6.45, 7) is -3.15. The van der Waals surface area contributed by atoms with Crippen LogP contribution in [0.1, 0.15) is 8.29 Å². The average molecular weight is 713 g/mol. The van der Waals surface area contributed by atoms with Crippen molar-refractivity contribution in [1.29, 1.82) is 0 Å². The van der Waals surface area contributed by atoms with Gasteiger partial charge in [-0.15, -0.1) is 0 Å². The topological polar surface area (TPSA) is 227 Å². The van der Waals surface area contributed by atoms with Crippen LogP contribution in [0.5, 0.6) is 0 Å². The molecule has 35 heavy (non-hydrogen) atoms. The molecule has 0 rings (SSSR count). The monoisotopic (exact) mass is 713 g/mol. The van der Waals surface area contributed by atoms with Crippen molar-refractivity contribution in [3.05, 3.63) is 5.73 Å². The standard InChI is InChI=1S/C18H29N8O8.Ac/c1-12(28)4-22-16(32)9-26(10-24-13(29)3-19)18(34)6-23-15(31)8-25(7-14(30)20-2)17(33)5-21-11-27;/h11,19H,3-10H2,1-2H3,(H,20,30)(H,21,27)(H,22,32)(H,23,31)(H,24,29);/q-1;/i11D;. The van der Waals surface area contributed by atoms with Gasteiger partial charge in [-0.05, 0) is 6.92 Å². The number of nitrogens with zero attached hydrogens (tertiary/aromatic N) is 2. The van der Waals surface area contributed by atoms with Crippen LogP contribution in [0.2, 0.25) is 0 Å². The second-order valence-corrected chi connectivity index (χ2v) is 6.66. The summed E-state index contributed by atoms with van der Waals surface area (Å²) in [5.41, 5.74) is 6.98. The van der Waals surface area contributed by atoms with E-state index in [1.165, 1.54) is 14.0 Å². The minimum atomic E-state index is -1.24. The van der Waals surface area contributed by atoms with Gasteiger partial charge in [-0.2, -0.15) is 0 Å². The summed E-state index contributed by atoms with van der Waals surface area (Å²) in [6, 6.07) is 0. The molecule has 0 saturated heterocycles. The van der Waals surface area contributed by atoms with E-state index in [1.807, 2.05) is 5.32 Å². The van der Waals surface area contributed by atoms with Crippen LogP contribution in [0.3, 0.4) is 0 Å². The largest absolute Gasteiger partial charge is 0.670 e. The first-order chi connectivity index (χ1) is 16.4. The summed E-state index contributed by atoms with van der Waals surface area (Å²) in [5.74, 6) is -4.89. The molecule has 0 heterocycles. The molecule has 0 spiro atoms. The van der Waals surface area contributed by atoms with Gasteiger partial charge in [0.25, 0.3) is 0 Å². The molecular weight excluding hydrogens is 683 g/mol. The van der Waals surface area contributed by atoms with E-state index in [9.17, 15) is 38.4 Å². The summed E-state index contributed by atoms with van der Waals surface area (Å²) in [6.07, 6.45) is -1.24. The number of hydrogen-bond donors (Lipinski definition) is 5. The first-order valence-corrected chi connectivity index (χ1v) is 9.84. The van der Waals surface area contributed by atoms with Gasteiger partial charge in [0.15, 0.2) is 5.91 Å². The number of hydrogen-bond acceptors (Lipinski definition) is 8. The summed E-state index contributed by atoms with van der Waals surface area (Å²) < 4.78 is 6.75. The molecule has 193 valence electrons. The molecule has 0 aromatic heterocycles. The third kappa shape index (κ3) is 16.6. The van der Waals surface area contributed by atoms with Crippen molar-refractivity contribution in [2.45, 2.75) is 6.92 Å². The zero-order valence-electron chi connectivity index (χ0n) is 20.4. The van der Waals surface area contributed by atoms with Crippen molar-refractivity contribution < 1.29 is 83.8 Å². The van der Waals surface area contributed by atoms with E-state index in [2.05, 4.69) is 21.3 Å². The summed E-state index contributed by atoms with van der Waals surface area (Å²) in [4.78, 5) is 95.2. The number of ketones is 1. The second kappa shape index (κ2) is 19.6. The van der Waals surface area contributed by atoms with Crippen molar-refractivity contribution in [3.63, 3.8) is 0 Å². The third-order valence-electron chi connectivity index (χ3n) is 3.90. The van der Waals surface area contributed by atoms with E-state index in [0.717, 1.165) is 9.80 Å². The van der Waals surface area contributed by atoms with Crippen LogP contribution >= 0.6 is 0 Å². The molecule has 0 aromatic carbocycles. The molecular formula is C18H29AcN8O8-. The molecule has 6 N–H and O–H groups in total. The predicted molar refractivity (Wildman–Crippen MR) is 115 cm³/mol. The molecule has 0 saturated carbocycles. The van der Waals surface area contributed by atoms with Gasteiger partial charge in [-0.25, -0.2) is 0 Å². The Morgan fingerprint density at radius 1 is 0.800 bits per heavy atom. The average Bonchev–Trinajstić information content (AvgIpc) is 2.81. The summed E-state index contributed by atoms with van der Waals surface area (Å²) in [5, 5.41) is 10.9. The van der Waals surface area contributed by atoms with E-state index in [1.54, 1.807) is 0 Å². The Kier molecular flexibility index (Phi) is 18.2. The molecule has 0 atom stereocenters.